The van der Waals surface area contributed by atoms with Crippen molar-refractivity contribution in [3.05, 3.63) is 16.1 Å². The summed E-state index contributed by atoms with van der Waals surface area (Å²) in [5, 5.41) is 12.2. The van der Waals surface area contributed by atoms with Gasteiger partial charge >= 0.3 is 5.97 Å². The summed E-state index contributed by atoms with van der Waals surface area (Å²) in [6, 6.07) is 0. The van der Waals surface area contributed by atoms with Gasteiger partial charge in [0.15, 0.2) is 0 Å². The molecule has 0 radical (unpaired) electrons. The van der Waals surface area contributed by atoms with Gasteiger partial charge in [0.25, 0.3) is 5.91 Å². The molecule has 0 aromatic carbocycles. The molecule has 0 fully saturated rings. The second kappa shape index (κ2) is 7.81. The highest BCUT2D eigenvalue weighted by Crippen LogP contribution is 2.11. The van der Waals surface area contributed by atoms with E-state index in [4.69, 9.17) is 5.11 Å². The highest BCUT2D eigenvalue weighted by molar-refractivity contribution is 7.13. The molecular weight excluding hydrogens is 252 g/mol. The number of rotatable bonds is 8. The largest absolute Gasteiger partial charge is 0.481 e. The van der Waals surface area contributed by atoms with E-state index < -0.39 is 5.97 Å². The highest BCUT2D eigenvalue weighted by Gasteiger charge is 2.07. The Morgan fingerprint density at radius 1 is 1.33 bits per heavy atom. The molecule has 0 saturated heterocycles. The monoisotopic (exact) mass is 270 g/mol. The molecule has 1 heterocycles. The normalized spacial score (nSPS) is 10.3. The molecule has 1 amide bonds. The molecule has 1 aromatic heterocycles. The lowest BCUT2D eigenvalue weighted by atomic mass is 10.1. The maximum Gasteiger partial charge on any atom is 0.303 e. The number of unbranched alkanes of at least 4 members (excludes halogenated alkanes) is 3. The van der Waals surface area contributed by atoms with E-state index >= 15 is 0 Å². The van der Waals surface area contributed by atoms with Crippen LogP contribution in [0.4, 0.5) is 0 Å². The van der Waals surface area contributed by atoms with Crippen molar-refractivity contribution in [3.63, 3.8) is 0 Å². The fraction of sp³-hybridized carbons (Fsp3) is 0.583. The van der Waals surface area contributed by atoms with Crippen LogP contribution in [0.15, 0.2) is 6.20 Å². The zero-order chi connectivity index (χ0) is 13.4. The van der Waals surface area contributed by atoms with E-state index in [1.807, 2.05) is 6.92 Å². The summed E-state index contributed by atoms with van der Waals surface area (Å²) in [4.78, 5) is 26.6. The summed E-state index contributed by atoms with van der Waals surface area (Å²) in [5.74, 6) is -0.824. The van der Waals surface area contributed by atoms with Crippen LogP contribution in [0.3, 0.4) is 0 Å². The maximum absolute atomic E-state index is 11.6. The molecule has 18 heavy (non-hydrogen) atoms. The van der Waals surface area contributed by atoms with Gasteiger partial charge in [0.1, 0.15) is 4.88 Å². The Bertz CT molecular complexity index is 404. The van der Waals surface area contributed by atoms with Gasteiger partial charge < -0.3 is 10.4 Å². The van der Waals surface area contributed by atoms with Crippen molar-refractivity contribution in [1.29, 1.82) is 0 Å². The Balaban J connectivity index is 2.04. The quantitative estimate of drug-likeness (QED) is 0.710. The summed E-state index contributed by atoms with van der Waals surface area (Å²) in [5.41, 5.74) is 0. The summed E-state index contributed by atoms with van der Waals surface area (Å²) in [6.07, 6.45) is 5.23. The molecule has 5 nitrogen and oxygen atoms in total. The van der Waals surface area contributed by atoms with Crippen LogP contribution in [0, 0.1) is 6.92 Å². The van der Waals surface area contributed by atoms with Crippen LogP contribution in [0.1, 0.15) is 46.8 Å². The van der Waals surface area contributed by atoms with Gasteiger partial charge in [-0.2, -0.15) is 0 Å². The Morgan fingerprint density at radius 3 is 2.67 bits per heavy atom. The lowest BCUT2D eigenvalue weighted by molar-refractivity contribution is -0.137. The van der Waals surface area contributed by atoms with Crippen molar-refractivity contribution < 1.29 is 14.7 Å². The van der Waals surface area contributed by atoms with E-state index in [9.17, 15) is 9.59 Å². The number of hydrogen-bond donors (Lipinski definition) is 2. The Hall–Kier alpha value is -1.43. The molecule has 1 aromatic rings. The number of amides is 1. The van der Waals surface area contributed by atoms with Gasteiger partial charge in [-0.3, -0.25) is 9.59 Å². The molecule has 0 aliphatic rings. The molecule has 0 aliphatic heterocycles. The van der Waals surface area contributed by atoms with E-state index in [1.54, 1.807) is 6.20 Å². The van der Waals surface area contributed by atoms with Gasteiger partial charge in [-0.15, -0.1) is 11.3 Å². The first-order valence-electron chi connectivity index (χ1n) is 6.02. The van der Waals surface area contributed by atoms with Crippen molar-refractivity contribution in [2.45, 2.75) is 39.0 Å². The maximum atomic E-state index is 11.6. The Kier molecular flexibility index (Phi) is 6.35. The number of nitrogens with zero attached hydrogens (tertiary/aromatic N) is 1. The number of aromatic nitrogens is 1. The minimum absolute atomic E-state index is 0.0777. The predicted molar refractivity (Wildman–Crippen MR) is 69.9 cm³/mol. The smallest absolute Gasteiger partial charge is 0.303 e. The second-order valence-electron chi connectivity index (χ2n) is 4.06. The molecule has 0 bridgehead atoms. The van der Waals surface area contributed by atoms with Gasteiger partial charge in [-0.05, 0) is 19.8 Å². The zero-order valence-electron chi connectivity index (χ0n) is 10.4. The lowest BCUT2D eigenvalue weighted by Gasteiger charge is -2.02. The zero-order valence-corrected chi connectivity index (χ0v) is 11.3. The topological polar surface area (TPSA) is 79.3 Å². The standard InChI is InChI=1S/C12H18N2O3S/c1-9-14-8-10(18-9)12(17)13-7-5-3-2-4-6-11(15)16/h8H,2-7H2,1H3,(H,13,17)(H,15,16). The third-order valence-corrected chi connectivity index (χ3v) is 3.36. The number of aryl methyl sites for hydroxylation is 1. The number of carbonyl (C=O) groups is 2. The number of carbonyl (C=O) groups excluding carboxylic acids is 1. The molecule has 0 aliphatic carbocycles. The van der Waals surface area contributed by atoms with E-state index in [1.165, 1.54) is 11.3 Å². The van der Waals surface area contributed by atoms with E-state index in [0.717, 1.165) is 24.3 Å². The fourth-order valence-corrected chi connectivity index (χ4v) is 2.20. The summed E-state index contributed by atoms with van der Waals surface area (Å²) in [7, 11) is 0. The summed E-state index contributed by atoms with van der Waals surface area (Å²) >= 11 is 1.38. The second-order valence-corrected chi connectivity index (χ2v) is 5.29. The van der Waals surface area contributed by atoms with E-state index in [2.05, 4.69) is 10.3 Å². The Morgan fingerprint density at radius 2 is 2.06 bits per heavy atom. The van der Waals surface area contributed by atoms with Gasteiger partial charge in [-0.25, -0.2) is 4.98 Å². The first-order chi connectivity index (χ1) is 8.59. The molecule has 0 saturated carbocycles. The molecular formula is C12H18N2O3S. The number of carboxylic acids is 1. The van der Waals surface area contributed by atoms with Crippen molar-refractivity contribution in [3.8, 4) is 0 Å². The van der Waals surface area contributed by atoms with Gasteiger partial charge in [0.05, 0.1) is 11.2 Å². The fourth-order valence-electron chi connectivity index (χ4n) is 1.51. The van der Waals surface area contributed by atoms with Crippen molar-refractivity contribution in [2.75, 3.05) is 6.54 Å². The summed E-state index contributed by atoms with van der Waals surface area (Å²) < 4.78 is 0. The molecule has 0 unspecified atom stereocenters. The summed E-state index contributed by atoms with van der Waals surface area (Å²) in [6.45, 7) is 2.49. The van der Waals surface area contributed by atoms with E-state index in [0.29, 0.717) is 17.8 Å². The minimum Gasteiger partial charge on any atom is -0.481 e. The average molecular weight is 270 g/mol. The van der Waals surface area contributed by atoms with Crippen LogP contribution in [-0.4, -0.2) is 28.5 Å². The van der Waals surface area contributed by atoms with Crippen LogP contribution in [-0.2, 0) is 4.79 Å². The molecule has 0 atom stereocenters. The average Bonchev–Trinajstić information content (AvgIpc) is 2.74. The first kappa shape index (κ1) is 14.6. The SMILES string of the molecule is Cc1ncc(C(=O)NCCCCCCC(=O)O)s1. The number of thiazole rings is 1. The third-order valence-electron chi connectivity index (χ3n) is 2.45. The number of hydrogen-bond acceptors (Lipinski definition) is 4. The Labute approximate surface area is 110 Å². The highest BCUT2D eigenvalue weighted by atomic mass is 32.1. The first-order valence-corrected chi connectivity index (χ1v) is 6.83. The number of carboxylic acid groups (broad SMARTS) is 1. The van der Waals surface area contributed by atoms with Crippen LogP contribution in [0.25, 0.3) is 0 Å². The molecule has 1 rings (SSSR count). The number of nitrogens with one attached hydrogen (secondary N) is 1. The lowest BCUT2D eigenvalue weighted by Crippen LogP contribution is -2.23. The van der Waals surface area contributed by atoms with Crippen molar-refractivity contribution in [1.82, 2.24) is 10.3 Å². The van der Waals surface area contributed by atoms with Crippen LogP contribution in [0.5, 0.6) is 0 Å². The van der Waals surface area contributed by atoms with Crippen LogP contribution < -0.4 is 5.32 Å². The molecule has 0 spiro atoms. The van der Waals surface area contributed by atoms with Gasteiger partial charge in [-0.1, -0.05) is 12.8 Å². The van der Waals surface area contributed by atoms with Crippen LogP contribution >= 0.6 is 11.3 Å². The minimum atomic E-state index is -0.746. The predicted octanol–water partition coefficient (Wildman–Crippen LogP) is 2.22. The third kappa shape index (κ3) is 5.77. The van der Waals surface area contributed by atoms with Gasteiger partial charge in [0.2, 0.25) is 0 Å². The molecule has 6 heteroatoms. The van der Waals surface area contributed by atoms with Crippen LogP contribution in [0.2, 0.25) is 0 Å². The van der Waals surface area contributed by atoms with Crippen molar-refractivity contribution >= 4 is 23.2 Å². The van der Waals surface area contributed by atoms with E-state index in [-0.39, 0.29) is 12.3 Å². The number of aliphatic carboxylic acids is 1. The molecule has 2 N–H and O–H groups in total. The van der Waals surface area contributed by atoms with Crippen molar-refractivity contribution in [2.24, 2.45) is 0 Å². The van der Waals surface area contributed by atoms with Gasteiger partial charge in [0, 0.05) is 13.0 Å². The molecule has 100 valence electrons.